The Kier molecular flexibility index (Phi) is 8.41. The van der Waals surface area contributed by atoms with Crippen molar-refractivity contribution in [1.29, 1.82) is 0 Å². The van der Waals surface area contributed by atoms with E-state index in [1.54, 1.807) is 0 Å². The largest absolute Gasteiger partial charge is 0.307 e. The van der Waals surface area contributed by atoms with Crippen LogP contribution in [0.2, 0.25) is 0 Å². The van der Waals surface area contributed by atoms with Gasteiger partial charge in [-0.15, -0.1) is 0 Å². The molecule has 15 heavy (non-hydrogen) atoms. The van der Waals surface area contributed by atoms with Gasteiger partial charge in [0.25, 0.3) is 0 Å². The monoisotopic (exact) mass is 215 g/mol. The van der Waals surface area contributed by atoms with Crippen LogP contribution in [0.3, 0.4) is 0 Å². The third-order valence-electron chi connectivity index (χ3n) is 2.39. The Morgan fingerprint density at radius 1 is 0.800 bits per heavy atom. The summed E-state index contributed by atoms with van der Waals surface area (Å²) in [7, 11) is 0. The highest BCUT2D eigenvalue weighted by molar-refractivity contribution is 4.95. The van der Waals surface area contributed by atoms with Gasteiger partial charge in [0.2, 0.25) is 0 Å². The molecule has 0 spiro atoms. The molecule has 1 nitrogen and oxygen atoms in total. The Morgan fingerprint density at radius 3 is 1.27 bits per heavy atom. The summed E-state index contributed by atoms with van der Waals surface area (Å²) in [5, 5.41) is 3.66. The molecule has 1 N–H and O–H groups in total. The summed E-state index contributed by atoms with van der Waals surface area (Å²) in [5.74, 6) is 0.862. The van der Waals surface area contributed by atoms with Gasteiger partial charge in [-0.2, -0.15) is 0 Å². The summed E-state index contributed by atoms with van der Waals surface area (Å²) < 4.78 is 0. The Bertz CT molecular complexity index is 131. The van der Waals surface area contributed by atoms with Gasteiger partial charge in [-0.25, -0.2) is 0 Å². The quantitative estimate of drug-likeness (QED) is 0.622. The normalized spacial score (nSPS) is 23.0. The van der Waals surface area contributed by atoms with Crippen LogP contribution in [0.5, 0.6) is 0 Å². The molecule has 0 unspecified atom stereocenters. The molecule has 1 saturated heterocycles. The maximum Gasteiger partial charge on any atom is 0.0132 e. The van der Waals surface area contributed by atoms with Gasteiger partial charge < -0.3 is 5.32 Å². The molecule has 1 fully saturated rings. The maximum absolute atomic E-state index is 3.66. The molecule has 1 aliphatic heterocycles. The molecular weight excluding hydrogens is 182 g/mol. The first kappa shape index (κ1) is 17.4. The fraction of sp³-hybridized carbons (Fsp3) is 1.00. The first-order valence-electron chi connectivity index (χ1n) is 6.60. The van der Waals surface area contributed by atoms with Crippen LogP contribution in [0.15, 0.2) is 0 Å². The number of piperidine rings is 1. The average molecular weight is 215 g/mol. The molecule has 0 aliphatic carbocycles. The smallest absolute Gasteiger partial charge is 0.0132 e. The van der Waals surface area contributed by atoms with E-state index in [1.165, 1.54) is 12.8 Å². The SMILES string of the molecule is CC.CC.CC1CC(C)(C)NC(C)(C)C1. The van der Waals surface area contributed by atoms with E-state index in [4.69, 9.17) is 0 Å². The zero-order chi connectivity index (χ0) is 12.7. The summed E-state index contributed by atoms with van der Waals surface area (Å²) in [6.07, 6.45) is 2.60. The van der Waals surface area contributed by atoms with Gasteiger partial charge in [0.05, 0.1) is 0 Å². The van der Waals surface area contributed by atoms with Crippen molar-refractivity contribution < 1.29 is 0 Å². The van der Waals surface area contributed by atoms with Crippen LogP contribution in [-0.4, -0.2) is 11.1 Å². The molecule has 0 aromatic rings. The Labute approximate surface area is 98.0 Å². The molecule has 0 atom stereocenters. The lowest BCUT2D eigenvalue weighted by Crippen LogP contribution is -2.57. The van der Waals surface area contributed by atoms with E-state index >= 15 is 0 Å². The van der Waals surface area contributed by atoms with Crippen LogP contribution in [-0.2, 0) is 0 Å². The first-order chi connectivity index (χ1) is 6.81. The van der Waals surface area contributed by atoms with E-state index < -0.39 is 0 Å². The van der Waals surface area contributed by atoms with Crippen molar-refractivity contribution in [3.63, 3.8) is 0 Å². The average Bonchev–Trinajstić information content (AvgIpc) is 2.04. The molecule has 1 aliphatic rings. The predicted molar refractivity (Wildman–Crippen MR) is 72.4 cm³/mol. The highest BCUT2D eigenvalue weighted by atomic mass is 15.0. The van der Waals surface area contributed by atoms with Gasteiger partial charge >= 0.3 is 0 Å². The Morgan fingerprint density at radius 2 is 1.07 bits per heavy atom. The molecule has 0 aromatic carbocycles. The van der Waals surface area contributed by atoms with Gasteiger partial charge in [-0.05, 0) is 46.5 Å². The third-order valence-corrected chi connectivity index (χ3v) is 2.39. The van der Waals surface area contributed by atoms with E-state index in [9.17, 15) is 0 Å². The zero-order valence-corrected chi connectivity index (χ0v) is 12.5. The summed E-state index contributed by atoms with van der Waals surface area (Å²) >= 11 is 0. The summed E-state index contributed by atoms with van der Waals surface area (Å²) in [6, 6.07) is 0. The summed E-state index contributed by atoms with van der Waals surface area (Å²) in [4.78, 5) is 0. The highest BCUT2D eigenvalue weighted by Crippen LogP contribution is 2.31. The molecule has 0 radical (unpaired) electrons. The Balaban J connectivity index is 0. The fourth-order valence-electron chi connectivity index (χ4n) is 2.83. The van der Waals surface area contributed by atoms with Crippen LogP contribution in [0.1, 0.15) is 75.2 Å². The van der Waals surface area contributed by atoms with Crippen molar-refractivity contribution in [3.05, 3.63) is 0 Å². The van der Waals surface area contributed by atoms with Crippen LogP contribution in [0, 0.1) is 5.92 Å². The Hall–Kier alpha value is -0.0400. The molecule has 0 amide bonds. The molecule has 1 heterocycles. The van der Waals surface area contributed by atoms with E-state index in [0.29, 0.717) is 11.1 Å². The minimum atomic E-state index is 0.334. The molecule has 94 valence electrons. The van der Waals surface area contributed by atoms with Crippen molar-refractivity contribution in [2.45, 2.75) is 86.2 Å². The second-order valence-corrected chi connectivity index (χ2v) is 5.41. The lowest BCUT2D eigenvalue weighted by Gasteiger charge is -2.45. The van der Waals surface area contributed by atoms with Crippen LogP contribution < -0.4 is 5.32 Å². The van der Waals surface area contributed by atoms with Crippen molar-refractivity contribution >= 4 is 0 Å². The topological polar surface area (TPSA) is 12.0 Å². The lowest BCUT2D eigenvalue weighted by molar-refractivity contribution is 0.138. The van der Waals surface area contributed by atoms with Crippen LogP contribution in [0.4, 0.5) is 0 Å². The maximum atomic E-state index is 3.66. The van der Waals surface area contributed by atoms with E-state index in [1.807, 2.05) is 27.7 Å². The molecule has 1 rings (SSSR count). The van der Waals surface area contributed by atoms with Gasteiger partial charge in [-0.1, -0.05) is 34.6 Å². The predicted octanol–water partition coefficient (Wildman–Crippen LogP) is 4.62. The molecule has 0 bridgehead atoms. The molecule has 0 saturated carbocycles. The van der Waals surface area contributed by atoms with Crippen molar-refractivity contribution in [2.75, 3.05) is 0 Å². The van der Waals surface area contributed by atoms with E-state index in [-0.39, 0.29) is 0 Å². The third kappa shape index (κ3) is 7.84. The number of hydrogen-bond acceptors (Lipinski definition) is 1. The molecular formula is C14H33N. The summed E-state index contributed by atoms with van der Waals surface area (Å²) in [5.41, 5.74) is 0.669. The number of nitrogens with one attached hydrogen (secondary N) is 1. The fourth-order valence-corrected chi connectivity index (χ4v) is 2.83. The van der Waals surface area contributed by atoms with E-state index in [2.05, 4.69) is 39.9 Å². The molecule has 0 aromatic heterocycles. The standard InChI is InChI=1S/C10H21N.2C2H6/c1-8-6-9(2,3)11-10(4,5)7-8;2*1-2/h8,11H,6-7H2,1-5H3;2*1-2H3. The van der Waals surface area contributed by atoms with Gasteiger partial charge in [0.15, 0.2) is 0 Å². The first-order valence-corrected chi connectivity index (χ1v) is 6.60. The van der Waals surface area contributed by atoms with Crippen molar-refractivity contribution in [2.24, 2.45) is 5.92 Å². The van der Waals surface area contributed by atoms with Crippen LogP contribution in [0.25, 0.3) is 0 Å². The molecule has 1 heteroatoms. The van der Waals surface area contributed by atoms with Gasteiger partial charge in [0.1, 0.15) is 0 Å². The minimum Gasteiger partial charge on any atom is -0.307 e. The second-order valence-electron chi connectivity index (χ2n) is 5.41. The number of hydrogen-bond donors (Lipinski definition) is 1. The van der Waals surface area contributed by atoms with Gasteiger partial charge in [-0.3, -0.25) is 0 Å². The van der Waals surface area contributed by atoms with Crippen molar-refractivity contribution in [3.8, 4) is 0 Å². The highest BCUT2D eigenvalue weighted by Gasteiger charge is 2.35. The second kappa shape index (κ2) is 7.27. The van der Waals surface area contributed by atoms with Gasteiger partial charge in [0, 0.05) is 11.1 Å². The lowest BCUT2D eigenvalue weighted by atomic mass is 9.77. The van der Waals surface area contributed by atoms with Crippen LogP contribution >= 0.6 is 0 Å². The van der Waals surface area contributed by atoms with E-state index in [0.717, 1.165) is 5.92 Å². The zero-order valence-electron chi connectivity index (χ0n) is 12.5. The number of rotatable bonds is 0. The minimum absolute atomic E-state index is 0.334. The summed E-state index contributed by atoms with van der Waals surface area (Å²) in [6.45, 7) is 19.5. The van der Waals surface area contributed by atoms with Crippen molar-refractivity contribution in [1.82, 2.24) is 5.32 Å².